The average molecular weight is 180 g/mol. The van der Waals surface area contributed by atoms with Crippen molar-refractivity contribution >= 4 is 5.82 Å². The standard InChI is InChI=1S/C9H16N4/c1-13-9(10)7(6-12-13)5-11-8-3-2-4-8/h6,8,11H,2-5,10H2,1H3. The van der Waals surface area contributed by atoms with Gasteiger partial charge in [-0.15, -0.1) is 0 Å². The van der Waals surface area contributed by atoms with E-state index in [9.17, 15) is 0 Å². The smallest absolute Gasteiger partial charge is 0.125 e. The van der Waals surface area contributed by atoms with Crippen LogP contribution in [0.4, 0.5) is 5.82 Å². The molecule has 1 fully saturated rings. The first-order chi connectivity index (χ1) is 6.27. The zero-order valence-electron chi connectivity index (χ0n) is 7.95. The zero-order chi connectivity index (χ0) is 9.26. The second-order valence-electron chi connectivity index (χ2n) is 3.69. The van der Waals surface area contributed by atoms with Crippen LogP contribution in [0, 0.1) is 0 Å². The Morgan fingerprint density at radius 1 is 1.69 bits per heavy atom. The normalized spacial score (nSPS) is 17.3. The first-order valence-corrected chi connectivity index (χ1v) is 4.77. The maximum atomic E-state index is 5.81. The van der Waals surface area contributed by atoms with Crippen molar-refractivity contribution in [3.8, 4) is 0 Å². The van der Waals surface area contributed by atoms with Crippen LogP contribution in [0.2, 0.25) is 0 Å². The van der Waals surface area contributed by atoms with Gasteiger partial charge in [0.25, 0.3) is 0 Å². The molecule has 1 aromatic rings. The molecule has 0 aliphatic heterocycles. The highest BCUT2D eigenvalue weighted by molar-refractivity contribution is 5.38. The van der Waals surface area contributed by atoms with E-state index in [1.807, 2.05) is 13.2 Å². The molecule has 1 saturated carbocycles. The van der Waals surface area contributed by atoms with E-state index in [0.717, 1.165) is 17.9 Å². The first-order valence-electron chi connectivity index (χ1n) is 4.77. The minimum absolute atomic E-state index is 0.708. The van der Waals surface area contributed by atoms with Gasteiger partial charge in [0.05, 0.1) is 6.20 Å². The Morgan fingerprint density at radius 3 is 2.92 bits per heavy atom. The summed E-state index contributed by atoms with van der Waals surface area (Å²) >= 11 is 0. The van der Waals surface area contributed by atoms with E-state index in [4.69, 9.17) is 5.73 Å². The summed E-state index contributed by atoms with van der Waals surface area (Å²) in [5, 5.41) is 7.55. The molecule has 0 spiro atoms. The lowest BCUT2D eigenvalue weighted by atomic mass is 9.93. The maximum absolute atomic E-state index is 5.81. The molecule has 2 rings (SSSR count). The molecule has 0 saturated heterocycles. The van der Waals surface area contributed by atoms with Crippen molar-refractivity contribution in [1.82, 2.24) is 15.1 Å². The highest BCUT2D eigenvalue weighted by Crippen LogP contribution is 2.19. The molecule has 1 aromatic heterocycles. The number of hydrogen-bond acceptors (Lipinski definition) is 3. The molecule has 1 aliphatic carbocycles. The molecule has 72 valence electrons. The fourth-order valence-electron chi connectivity index (χ4n) is 1.50. The maximum Gasteiger partial charge on any atom is 0.125 e. The lowest BCUT2D eigenvalue weighted by molar-refractivity contribution is 0.338. The van der Waals surface area contributed by atoms with E-state index < -0.39 is 0 Å². The van der Waals surface area contributed by atoms with Crippen molar-refractivity contribution in [1.29, 1.82) is 0 Å². The summed E-state index contributed by atoms with van der Waals surface area (Å²) in [7, 11) is 1.86. The minimum atomic E-state index is 0.708. The fourth-order valence-corrected chi connectivity index (χ4v) is 1.50. The Bertz CT molecular complexity index is 288. The number of anilines is 1. The van der Waals surface area contributed by atoms with E-state index in [0.29, 0.717) is 6.04 Å². The molecular formula is C9H16N4. The summed E-state index contributed by atoms with van der Waals surface area (Å²) in [6.45, 7) is 0.852. The van der Waals surface area contributed by atoms with Gasteiger partial charge in [0.1, 0.15) is 5.82 Å². The Kier molecular flexibility index (Phi) is 2.22. The Labute approximate surface area is 78.1 Å². The lowest BCUT2D eigenvalue weighted by Crippen LogP contribution is -2.34. The van der Waals surface area contributed by atoms with Gasteiger partial charge in [-0.3, -0.25) is 4.68 Å². The van der Waals surface area contributed by atoms with E-state index >= 15 is 0 Å². The van der Waals surface area contributed by atoms with Gasteiger partial charge in [-0.2, -0.15) is 5.10 Å². The van der Waals surface area contributed by atoms with Gasteiger partial charge >= 0.3 is 0 Å². The predicted octanol–water partition coefficient (Wildman–Crippen LogP) is 0.644. The molecule has 4 nitrogen and oxygen atoms in total. The molecule has 4 heteroatoms. The van der Waals surface area contributed by atoms with Crippen molar-refractivity contribution in [3.63, 3.8) is 0 Å². The number of aryl methyl sites for hydroxylation is 1. The number of nitrogen functional groups attached to an aromatic ring is 1. The molecule has 0 radical (unpaired) electrons. The zero-order valence-corrected chi connectivity index (χ0v) is 7.95. The predicted molar refractivity (Wildman–Crippen MR) is 52.1 cm³/mol. The summed E-state index contributed by atoms with van der Waals surface area (Å²) in [5.41, 5.74) is 6.91. The molecule has 1 heterocycles. The van der Waals surface area contributed by atoms with Gasteiger partial charge in [0, 0.05) is 25.2 Å². The average Bonchev–Trinajstić information content (AvgIpc) is 2.33. The molecule has 0 aromatic carbocycles. The number of hydrogen-bond donors (Lipinski definition) is 2. The van der Waals surface area contributed by atoms with E-state index in [-0.39, 0.29) is 0 Å². The van der Waals surface area contributed by atoms with Gasteiger partial charge in [-0.25, -0.2) is 0 Å². The molecule has 0 atom stereocenters. The van der Waals surface area contributed by atoms with Crippen molar-refractivity contribution in [2.75, 3.05) is 5.73 Å². The van der Waals surface area contributed by atoms with Crippen LogP contribution in [0.5, 0.6) is 0 Å². The summed E-state index contributed by atoms with van der Waals surface area (Å²) in [6.07, 6.45) is 5.81. The van der Waals surface area contributed by atoms with Gasteiger partial charge < -0.3 is 11.1 Å². The number of nitrogens with zero attached hydrogens (tertiary/aromatic N) is 2. The highest BCUT2D eigenvalue weighted by Gasteiger charge is 2.16. The molecule has 0 unspecified atom stereocenters. The molecule has 0 bridgehead atoms. The van der Waals surface area contributed by atoms with Gasteiger partial charge in [-0.1, -0.05) is 6.42 Å². The summed E-state index contributed by atoms with van der Waals surface area (Å²) in [6, 6.07) is 0.708. The summed E-state index contributed by atoms with van der Waals surface area (Å²) in [5.74, 6) is 0.770. The van der Waals surface area contributed by atoms with Gasteiger partial charge in [-0.05, 0) is 12.8 Å². The van der Waals surface area contributed by atoms with E-state index in [2.05, 4.69) is 10.4 Å². The largest absolute Gasteiger partial charge is 0.384 e. The molecule has 13 heavy (non-hydrogen) atoms. The second-order valence-corrected chi connectivity index (χ2v) is 3.69. The van der Waals surface area contributed by atoms with Crippen molar-refractivity contribution in [2.45, 2.75) is 31.8 Å². The minimum Gasteiger partial charge on any atom is -0.384 e. The van der Waals surface area contributed by atoms with Gasteiger partial charge in [0.15, 0.2) is 0 Å². The highest BCUT2D eigenvalue weighted by atomic mass is 15.3. The lowest BCUT2D eigenvalue weighted by Gasteiger charge is -2.26. The quantitative estimate of drug-likeness (QED) is 0.718. The number of aromatic nitrogens is 2. The summed E-state index contributed by atoms with van der Waals surface area (Å²) < 4.78 is 1.71. The number of nitrogens with one attached hydrogen (secondary N) is 1. The van der Waals surface area contributed by atoms with Crippen LogP contribution in [-0.2, 0) is 13.6 Å². The van der Waals surface area contributed by atoms with Crippen LogP contribution in [0.1, 0.15) is 24.8 Å². The van der Waals surface area contributed by atoms with Crippen LogP contribution in [0.15, 0.2) is 6.20 Å². The summed E-state index contributed by atoms with van der Waals surface area (Å²) in [4.78, 5) is 0. The number of rotatable bonds is 3. The third-order valence-corrected chi connectivity index (χ3v) is 2.75. The Morgan fingerprint density at radius 2 is 2.46 bits per heavy atom. The SMILES string of the molecule is Cn1ncc(CNC2CCC2)c1N. The fraction of sp³-hybridized carbons (Fsp3) is 0.667. The molecule has 1 aliphatic rings. The Balaban J connectivity index is 1.89. The van der Waals surface area contributed by atoms with Gasteiger partial charge in [0.2, 0.25) is 0 Å². The number of nitrogens with two attached hydrogens (primary N) is 1. The third kappa shape index (κ3) is 1.67. The van der Waals surface area contributed by atoms with Crippen molar-refractivity contribution in [2.24, 2.45) is 7.05 Å². The third-order valence-electron chi connectivity index (χ3n) is 2.75. The van der Waals surface area contributed by atoms with Crippen LogP contribution in [0.3, 0.4) is 0 Å². The molecular weight excluding hydrogens is 164 g/mol. The van der Waals surface area contributed by atoms with E-state index in [1.165, 1.54) is 19.3 Å². The second kappa shape index (κ2) is 3.38. The molecule has 3 N–H and O–H groups in total. The van der Waals surface area contributed by atoms with Crippen LogP contribution in [0.25, 0.3) is 0 Å². The van der Waals surface area contributed by atoms with Crippen LogP contribution in [-0.4, -0.2) is 15.8 Å². The topological polar surface area (TPSA) is 55.9 Å². The van der Waals surface area contributed by atoms with Crippen molar-refractivity contribution in [3.05, 3.63) is 11.8 Å². The molecule has 0 amide bonds. The first kappa shape index (κ1) is 8.56. The Hall–Kier alpha value is -1.03. The van der Waals surface area contributed by atoms with Crippen LogP contribution >= 0.6 is 0 Å². The van der Waals surface area contributed by atoms with Crippen LogP contribution < -0.4 is 11.1 Å². The van der Waals surface area contributed by atoms with Crippen molar-refractivity contribution < 1.29 is 0 Å². The van der Waals surface area contributed by atoms with E-state index in [1.54, 1.807) is 4.68 Å². The monoisotopic (exact) mass is 180 g/mol.